The monoisotopic (exact) mass is 430 g/mol. The number of anilines is 1. The van der Waals surface area contributed by atoms with E-state index in [2.05, 4.69) is 5.32 Å². The van der Waals surface area contributed by atoms with Crippen molar-refractivity contribution in [1.29, 1.82) is 0 Å². The Morgan fingerprint density at radius 1 is 1.12 bits per heavy atom. The molecule has 3 heterocycles. The van der Waals surface area contributed by atoms with Gasteiger partial charge in [0.05, 0.1) is 30.0 Å². The van der Waals surface area contributed by atoms with E-state index in [0.717, 1.165) is 41.2 Å². The van der Waals surface area contributed by atoms with E-state index in [4.69, 9.17) is 9.72 Å². The molecule has 6 nitrogen and oxygen atoms in total. The number of likely N-dealkylation sites (tertiary alicyclic amines) is 1. The van der Waals surface area contributed by atoms with Crippen molar-refractivity contribution in [2.24, 2.45) is 0 Å². The van der Waals surface area contributed by atoms with E-state index in [1.54, 1.807) is 30.2 Å². The van der Waals surface area contributed by atoms with E-state index in [1.807, 2.05) is 53.1 Å². The zero-order valence-corrected chi connectivity index (χ0v) is 17.7. The Bertz CT molecular complexity index is 1290. The Morgan fingerprint density at radius 2 is 1.97 bits per heavy atom. The summed E-state index contributed by atoms with van der Waals surface area (Å²) in [4.78, 5) is 19.8. The molecule has 1 aliphatic rings. The summed E-state index contributed by atoms with van der Waals surface area (Å²) >= 11 is 0. The number of nitrogens with zero attached hydrogens (tertiary/aromatic N) is 3. The zero-order chi connectivity index (χ0) is 22.1. The van der Waals surface area contributed by atoms with Crippen LogP contribution in [0.1, 0.15) is 24.7 Å². The number of para-hydroxylation sites is 1. The molecule has 1 atom stereocenters. The van der Waals surface area contributed by atoms with Gasteiger partial charge in [-0.1, -0.05) is 30.3 Å². The third kappa shape index (κ3) is 3.56. The fourth-order valence-corrected chi connectivity index (χ4v) is 4.31. The Morgan fingerprint density at radius 3 is 2.81 bits per heavy atom. The summed E-state index contributed by atoms with van der Waals surface area (Å²) in [5.74, 6) is 1.09. The van der Waals surface area contributed by atoms with E-state index >= 15 is 0 Å². The first-order valence-corrected chi connectivity index (χ1v) is 10.6. The molecule has 162 valence electrons. The van der Waals surface area contributed by atoms with Crippen molar-refractivity contribution < 1.29 is 13.9 Å². The average molecular weight is 430 g/mol. The first-order valence-electron chi connectivity index (χ1n) is 10.6. The van der Waals surface area contributed by atoms with Crippen LogP contribution in [0.2, 0.25) is 0 Å². The fraction of sp³-hybridized carbons (Fsp3) is 0.200. The molecule has 0 radical (unpaired) electrons. The molecule has 1 saturated heterocycles. The maximum Gasteiger partial charge on any atom is 0.322 e. The molecule has 1 N–H and O–H groups in total. The molecular weight excluding hydrogens is 407 g/mol. The van der Waals surface area contributed by atoms with E-state index in [-0.39, 0.29) is 17.8 Å². The number of fused-ring (bicyclic) bond motifs is 1. The van der Waals surface area contributed by atoms with Crippen LogP contribution in [-0.2, 0) is 0 Å². The van der Waals surface area contributed by atoms with Crippen molar-refractivity contribution in [1.82, 2.24) is 14.3 Å². The molecule has 2 aromatic carbocycles. The van der Waals surface area contributed by atoms with Gasteiger partial charge in [0, 0.05) is 18.3 Å². The molecule has 32 heavy (non-hydrogen) atoms. The second-order valence-corrected chi connectivity index (χ2v) is 7.77. The van der Waals surface area contributed by atoms with Gasteiger partial charge in [0.25, 0.3) is 0 Å². The molecule has 7 heteroatoms. The van der Waals surface area contributed by atoms with E-state index in [0.29, 0.717) is 6.54 Å². The number of carbonyl (C=O) groups excluding carboxylic acids is 1. The summed E-state index contributed by atoms with van der Waals surface area (Å²) in [7, 11) is 1.64. The lowest BCUT2D eigenvalue weighted by Crippen LogP contribution is -2.35. The van der Waals surface area contributed by atoms with Crippen molar-refractivity contribution in [2.45, 2.75) is 18.9 Å². The first kappa shape index (κ1) is 20.1. The van der Waals surface area contributed by atoms with Crippen molar-refractivity contribution in [2.75, 3.05) is 19.0 Å². The van der Waals surface area contributed by atoms with Gasteiger partial charge in [-0.3, -0.25) is 0 Å². The molecule has 0 spiro atoms. The van der Waals surface area contributed by atoms with Gasteiger partial charge in [-0.25, -0.2) is 14.2 Å². The van der Waals surface area contributed by atoms with Gasteiger partial charge >= 0.3 is 6.03 Å². The van der Waals surface area contributed by atoms with Crippen LogP contribution in [0.25, 0.3) is 16.8 Å². The highest BCUT2D eigenvalue weighted by atomic mass is 19.1. The molecule has 2 aromatic heterocycles. The lowest BCUT2D eigenvalue weighted by molar-refractivity contribution is 0.204. The largest absolute Gasteiger partial charge is 0.497 e. The molecule has 4 aromatic rings. The number of methoxy groups -OCH3 is 1. The number of nitrogens with one attached hydrogen (secondary N) is 1. The van der Waals surface area contributed by atoms with Gasteiger partial charge in [0.1, 0.15) is 17.4 Å². The molecule has 0 saturated carbocycles. The lowest BCUT2D eigenvalue weighted by atomic mass is 10.1. The maximum atomic E-state index is 14.1. The van der Waals surface area contributed by atoms with Crippen molar-refractivity contribution in [3.63, 3.8) is 0 Å². The minimum Gasteiger partial charge on any atom is -0.497 e. The number of benzene rings is 2. The molecule has 0 aliphatic carbocycles. The number of hydrogen-bond donors (Lipinski definition) is 1. The number of hydrogen-bond acceptors (Lipinski definition) is 3. The third-order valence-electron chi connectivity index (χ3n) is 5.85. The van der Waals surface area contributed by atoms with E-state index in [1.165, 1.54) is 6.07 Å². The van der Waals surface area contributed by atoms with Gasteiger partial charge in [-0.2, -0.15) is 0 Å². The number of pyridine rings is 1. The average Bonchev–Trinajstić information content (AvgIpc) is 3.45. The van der Waals surface area contributed by atoms with Crippen LogP contribution in [0, 0.1) is 5.82 Å². The molecule has 5 rings (SSSR count). The summed E-state index contributed by atoms with van der Waals surface area (Å²) < 4.78 is 21.5. The summed E-state index contributed by atoms with van der Waals surface area (Å²) in [6, 6.07) is 19.4. The van der Waals surface area contributed by atoms with Gasteiger partial charge in [-0.05, 0) is 49.2 Å². The van der Waals surface area contributed by atoms with Crippen LogP contribution in [-0.4, -0.2) is 34.0 Å². The Balaban J connectivity index is 1.52. The van der Waals surface area contributed by atoms with Crippen molar-refractivity contribution in [3.05, 3.63) is 84.6 Å². The van der Waals surface area contributed by atoms with Crippen LogP contribution in [0.4, 0.5) is 14.9 Å². The summed E-state index contributed by atoms with van der Waals surface area (Å²) in [5, 5.41) is 2.71. The van der Waals surface area contributed by atoms with Crippen molar-refractivity contribution in [3.8, 4) is 17.0 Å². The number of ether oxygens (including phenoxy) is 1. The van der Waals surface area contributed by atoms with Crippen LogP contribution in [0.3, 0.4) is 0 Å². The van der Waals surface area contributed by atoms with E-state index < -0.39 is 5.82 Å². The second-order valence-electron chi connectivity index (χ2n) is 7.77. The smallest absolute Gasteiger partial charge is 0.322 e. The number of urea groups is 1. The number of amides is 2. The van der Waals surface area contributed by atoms with Crippen LogP contribution in [0.5, 0.6) is 5.75 Å². The summed E-state index contributed by atoms with van der Waals surface area (Å²) in [6.45, 7) is 0.585. The Kier molecular flexibility index (Phi) is 5.23. The Hall–Kier alpha value is -3.87. The van der Waals surface area contributed by atoms with Gasteiger partial charge in [0.15, 0.2) is 0 Å². The SMILES string of the molecule is COc1cccc(-c2nc(C3CCCN3C(=O)Nc3ccccc3F)n3ccccc23)c1. The fourth-order valence-electron chi connectivity index (χ4n) is 4.31. The number of rotatable bonds is 4. The minimum atomic E-state index is -0.455. The molecule has 2 amide bonds. The second kappa shape index (κ2) is 8.34. The topological polar surface area (TPSA) is 58.9 Å². The van der Waals surface area contributed by atoms with Gasteiger partial charge in [-0.15, -0.1) is 0 Å². The van der Waals surface area contributed by atoms with Gasteiger partial charge in [0.2, 0.25) is 0 Å². The summed E-state index contributed by atoms with van der Waals surface area (Å²) in [5.41, 5.74) is 2.91. The lowest BCUT2D eigenvalue weighted by Gasteiger charge is -2.24. The zero-order valence-electron chi connectivity index (χ0n) is 17.7. The molecule has 1 fully saturated rings. The molecule has 1 unspecified atom stereocenters. The molecular formula is C25H23FN4O2. The van der Waals surface area contributed by atoms with Crippen LogP contribution < -0.4 is 10.1 Å². The predicted octanol–water partition coefficient (Wildman–Crippen LogP) is 5.52. The highest BCUT2D eigenvalue weighted by molar-refractivity contribution is 5.90. The number of halogens is 1. The number of imidazole rings is 1. The highest BCUT2D eigenvalue weighted by Crippen LogP contribution is 2.36. The first-order chi connectivity index (χ1) is 15.7. The highest BCUT2D eigenvalue weighted by Gasteiger charge is 2.34. The normalized spacial score (nSPS) is 15.8. The maximum absolute atomic E-state index is 14.1. The summed E-state index contributed by atoms with van der Waals surface area (Å²) in [6.07, 6.45) is 3.61. The number of aromatic nitrogens is 2. The van der Waals surface area contributed by atoms with Crippen LogP contribution >= 0.6 is 0 Å². The van der Waals surface area contributed by atoms with Crippen LogP contribution in [0.15, 0.2) is 72.9 Å². The predicted molar refractivity (Wildman–Crippen MR) is 121 cm³/mol. The Labute approximate surface area is 185 Å². The minimum absolute atomic E-state index is 0.174. The van der Waals surface area contributed by atoms with Crippen molar-refractivity contribution >= 4 is 17.2 Å². The number of carbonyl (C=O) groups is 1. The standard InChI is InChI=1S/C25H23FN4O2/c1-32-18-9-6-8-17(16-18)23-21-12-4-5-14-29(21)24(28-23)22-13-7-15-30(22)25(31)27-20-11-3-2-10-19(20)26/h2-6,8-12,14,16,22H,7,13,15H2,1H3,(H,27,31). The molecule has 0 bridgehead atoms. The quantitative estimate of drug-likeness (QED) is 0.464. The third-order valence-corrected chi connectivity index (χ3v) is 5.85. The van der Waals surface area contributed by atoms with E-state index in [9.17, 15) is 9.18 Å². The van der Waals surface area contributed by atoms with Gasteiger partial charge < -0.3 is 19.4 Å². The molecule has 1 aliphatic heterocycles.